The molecule has 0 spiro atoms. The van der Waals surface area contributed by atoms with Crippen LogP contribution in [0.3, 0.4) is 0 Å². The number of nitrogens with zero attached hydrogens (tertiary/aromatic N) is 1. The van der Waals surface area contributed by atoms with Gasteiger partial charge in [-0.15, -0.1) is 0 Å². The van der Waals surface area contributed by atoms with E-state index < -0.39 is 0 Å². The van der Waals surface area contributed by atoms with Gasteiger partial charge in [0.1, 0.15) is 0 Å². The van der Waals surface area contributed by atoms with Gasteiger partial charge in [-0.2, -0.15) is 0 Å². The third-order valence-corrected chi connectivity index (χ3v) is 3.14. The molecule has 0 radical (unpaired) electrons. The molecule has 78 valence electrons. The molecule has 0 aliphatic rings. The van der Waals surface area contributed by atoms with Gasteiger partial charge >= 0.3 is 0 Å². The fourth-order valence-electron chi connectivity index (χ4n) is 1.17. The molecule has 1 aromatic carbocycles. The Hall–Kier alpha value is -0.490. The molecular formula is C10H15IN2O. The number of nitrogens with two attached hydrogens (primary N) is 1. The van der Waals surface area contributed by atoms with E-state index in [1.54, 1.807) is 0 Å². The fraction of sp³-hybridized carbons (Fsp3) is 0.400. The monoisotopic (exact) mass is 306 g/mol. The van der Waals surface area contributed by atoms with Gasteiger partial charge in [0.15, 0.2) is 0 Å². The van der Waals surface area contributed by atoms with E-state index in [1.807, 2.05) is 37.1 Å². The molecule has 0 fully saturated rings. The molecule has 1 atom stereocenters. The topological polar surface area (TPSA) is 49.5 Å². The number of halogens is 1. The lowest BCUT2D eigenvalue weighted by Gasteiger charge is -2.26. The smallest absolute Gasteiger partial charge is 0.0632 e. The number of anilines is 2. The first-order chi connectivity index (χ1) is 6.56. The lowest BCUT2D eigenvalue weighted by molar-refractivity contribution is 0.270. The maximum atomic E-state index is 9.04. The molecule has 0 amide bonds. The molecule has 3 N–H and O–H groups in total. The van der Waals surface area contributed by atoms with Gasteiger partial charge in [-0.25, -0.2) is 0 Å². The summed E-state index contributed by atoms with van der Waals surface area (Å²) >= 11 is 2.25. The molecule has 0 saturated heterocycles. The number of aliphatic hydroxyl groups is 1. The number of nitrogen functional groups attached to an aromatic ring is 1. The number of aliphatic hydroxyl groups excluding tert-OH is 1. The van der Waals surface area contributed by atoms with Crippen molar-refractivity contribution in [3.8, 4) is 0 Å². The van der Waals surface area contributed by atoms with Crippen molar-refractivity contribution < 1.29 is 5.11 Å². The van der Waals surface area contributed by atoms with E-state index in [1.165, 1.54) is 0 Å². The highest BCUT2D eigenvalue weighted by Gasteiger charge is 2.11. The molecule has 0 bridgehead atoms. The van der Waals surface area contributed by atoms with Crippen LogP contribution in [-0.2, 0) is 0 Å². The van der Waals surface area contributed by atoms with E-state index in [-0.39, 0.29) is 12.6 Å². The fourth-order valence-corrected chi connectivity index (χ4v) is 2.09. The van der Waals surface area contributed by atoms with Gasteiger partial charge in [0, 0.05) is 22.3 Å². The van der Waals surface area contributed by atoms with Crippen molar-refractivity contribution in [2.75, 3.05) is 24.3 Å². The zero-order valence-corrected chi connectivity index (χ0v) is 10.5. The minimum atomic E-state index is 0.118. The second kappa shape index (κ2) is 4.84. The van der Waals surface area contributed by atoms with Crippen LogP contribution in [0.2, 0.25) is 0 Å². The van der Waals surface area contributed by atoms with Crippen molar-refractivity contribution in [3.63, 3.8) is 0 Å². The second-order valence-electron chi connectivity index (χ2n) is 3.35. The van der Waals surface area contributed by atoms with Crippen molar-refractivity contribution in [2.45, 2.75) is 13.0 Å². The van der Waals surface area contributed by atoms with Crippen LogP contribution in [0.25, 0.3) is 0 Å². The van der Waals surface area contributed by atoms with Gasteiger partial charge in [-0.05, 0) is 47.7 Å². The zero-order valence-electron chi connectivity index (χ0n) is 8.37. The maximum Gasteiger partial charge on any atom is 0.0632 e. The lowest BCUT2D eigenvalue weighted by Crippen LogP contribution is -2.32. The maximum absolute atomic E-state index is 9.04. The quantitative estimate of drug-likeness (QED) is 0.660. The Kier molecular flexibility index (Phi) is 4.00. The largest absolute Gasteiger partial charge is 0.399 e. The van der Waals surface area contributed by atoms with Crippen molar-refractivity contribution in [2.24, 2.45) is 0 Å². The first-order valence-electron chi connectivity index (χ1n) is 4.45. The van der Waals surface area contributed by atoms with E-state index in [4.69, 9.17) is 10.8 Å². The number of benzene rings is 1. The molecule has 4 heteroatoms. The predicted molar refractivity (Wildman–Crippen MR) is 68.5 cm³/mol. The van der Waals surface area contributed by atoms with Gasteiger partial charge in [-0.3, -0.25) is 0 Å². The van der Waals surface area contributed by atoms with Crippen molar-refractivity contribution >= 4 is 34.0 Å². The van der Waals surface area contributed by atoms with E-state index in [0.29, 0.717) is 0 Å². The van der Waals surface area contributed by atoms with Crippen molar-refractivity contribution in [1.29, 1.82) is 0 Å². The van der Waals surface area contributed by atoms with E-state index >= 15 is 0 Å². The minimum absolute atomic E-state index is 0.118. The second-order valence-corrected chi connectivity index (χ2v) is 4.52. The summed E-state index contributed by atoms with van der Waals surface area (Å²) in [5.41, 5.74) is 7.53. The van der Waals surface area contributed by atoms with Crippen LogP contribution in [0.1, 0.15) is 6.92 Å². The molecule has 1 unspecified atom stereocenters. The van der Waals surface area contributed by atoms with Crippen molar-refractivity contribution in [1.82, 2.24) is 0 Å². The first-order valence-corrected chi connectivity index (χ1v) is 5.53. The van der Waals surface area contributed by atoms with Crippen LogP contribution in [0, 0.1) is 3.57 Å². The minimum Gasteiger partial charge on any atom is -0.399 e. The third kappa shape index (κ3) is 2.51. The SMILES string of the molecule is CC(CO)N(C)c1ccc(N)cc1I. The molecule has 3 nitrogen and oxygen atoms in total. The molecule has 0 aliphatic carbocycles. The summed E-state index contributed by atoms with van der Waals surface area (Å²) in [7, 11) is 1.97. The third-order valence-electron chi connectivity index (χ3n) is 2.28. The molecule has 0 aromatic heterocycles. The summed E-state index contributed by atoms with van der Waals surface area (Å²) in [4.78, 5) is 2.04. The first kappa shape index (κ1) is 11.6. The van der Waals surface area contributed by atoms with Crippen LogP contribution in [-0.4, -0.2) is 24.8 Å². The Morgan fingerprint density at radius 3 is 2.71 bits per heavy atom. The van der Waals surface area contributed by atoms with Crippen LogP contribution in [0.4, 0.5) is 11.4 Å². The van der Waals surface area contributed by atoms with Gasteiger partial charge in [0.05, 0.1) is 12.3 Å². The summed E-state index contributed by atoms with van der Waals surface area (Å²) in [6.45, 7) is 2.13. The van der Waals surface area contributed by atoms with Gasteiger partial charge in [0.2, 0.25) is 0 Å². The highest BCUT2D eigenvalue weighted by atomic mass is 127. The molecule has 0 aliphatic heterocycles. The summed E-state index contributed by atoms with van der Waals surface area (Å²) in [5, 5.41) is 9.04. The van der Waals surface area contributed by atoms with E-state index in [0.717, 1.165) is 14.9 Å². The molecule has 14 heavy (non-hydrogen) atoms. The predicted octanol–water partition coefficient (Wildman–Crippen LogP) is 1.69. The summed E-state index contributed by atoms with van der Waals surface area (Å²) in [6.07, 6.45) is 0. The molecule has 0 heterocycles. The highest BCUT2D eigenvalue weighted by Crippen LogP contribution is 2.24. The Morgan fingerprint density at radius 1 is 1.57 bits per heavy atom. The Bertz CT molecular complexity index is 317. The van der Waals surface area contributed by atoms with E-state index in [9.17, 15) is 0 Å². The average molecular weight is 306 g/mol. The molecule has 1 aromatic rings. The molecular weight excluding hydrogens is 291 g/mol. The number of likely N-dealkylation sites (N-methyl/N-ethyl adjacent to an activating group) is 1. The van der Waals surface area contributed by atoms with Crippen LogP contribution in [0.5, 0.6) is 0 Å². The molecule has 0 saturated carbocycles. The van der Waals surface area contributed by atoms with Crippen molar-refractivity contribution in [3.05, 3.63) is 21.8 Å². The lowest BCUT2D eigenvalue weighted by atomic mass is 10.2. The number of hydrogen-bond donors (Lipinski definition) is 2. The van der Waals surface area contributed by atoms with Gasteiger partial charge in [-0.1, -0.05) is 0 Å². The van der Waals surface area contributed by atoms with E-state index in [2.05, 4.69) is 22.6 Å². The number of rotatable bonds is 3. The van der Waals surface area contributed by atoms with Gasteiger partial charge < -0.3 is 15.7 Å². The average Bonchev–Trinajstić information content (AvgIpc) is 2.15. The Labute approximate surface area is 98.0 Å². The highest BCUT2D eigenvalue weighted by molar-refractivity contribution is 14.1. The molecule has 1 rings (SSSR count). The Balaban J connectivity index is 2.95. The van der Waals surface area contributed by atoms with Gasteiger partial charge in [0.25, 0.3) is 0 Å². The van der Waals surface area contributed by atoms with Crippen LogP contribution < -0.4 is 10.6 Å². The summed E-state index contributed by atoms with van der Waals surface area (Å²) in [5.74, 6) is 0. The zero-order chi connectivity index (χ0) is 10.7. The Morgan fingerprint density at radius 2 is 2.21 bits per heavy atom. The normalized spacial score (nSPS) is 12.6. The summed E-state index contributed by atoms with van der Waals surface area (Å²) < 4.78 is 1.10. The van der Waals surface area contributed by atoms with Crippen LogP contribution >= 0.6 is 22.6 Å². The van der Waals surface area contributed by atoms with Crippen LogP contribution in [0.15, 0.2) is 18.2 Å². The summed E-state index contributed by atoms with van der Waals surface area (Å²) in [6, 6.07) is 5.89. The number of hydrogen-bond acceptors (Lipinski definition) is 3. The standard InChI is InChI=1S/C10H15IN2O/c1-7(6-14)13(2)10-4-3-8(12)5-9(10)11/h3-5,7,14H,6,12H2,1-2H3.